The number of likely N-dealkylation sites (tertiary alicyclic amines) is 1. The first-order valence-corrected chi connectivity index (χ1v) is 10.2. The molecule has 1 saturated heterocycles. The lowest BCUT2D eigenvalue weighted by Crippen LogP contribution is -2.45. The van der Waals surface area contributed by atoms with Gasteiger partial charge in [-0.05, 0) is 50.1 Å². The highest BCUT2D eigenvalue weighted by molar-refractivity contribution is 5.98. The number of hydrogen-bond acceptors (Lipinski definition) is 6. The van der Waals surface area contributed by atoms with E-state index in [1.165, 1.54) is 6.07 Å². The maximum atomic E-state index is 13.3. The van der Waals surface area contributed by atoms with Crippen molar-refractivity contribution in [3.63, 3.8) is 0 Å². The molecular weight excluding hydrogens is 421 g/mol. The normalized spacial score (nSPS) is 16.6. The maximum Gasteiger partial charge on any atom is 0.417 e. The van der Waals surface area contributed by atoms with Gasteiger partial charge in [-0.2, -0.15) is 13.2 Å². The molecule has 0 bridgehead atoms. The zero-order chi connectivity index (χ0) is 22.7. The van der Waals surface area contributed by atoms with Gasteiger partial charge in [0, 0.05) is 43.4 Å². The van der Waals surface area contributed by atoms with Gasteiger partial charge in [-0.15, -0.1) is 0 Å². The molecule has 10 heteroatoms. The second-order valence-electron chi connectivity index (χ2n) is 7.59. The maximum absolute atomic E-state index is 13.3. The number of pyridine rings is 2. The van der Waals surface area contributed by atoms with E-state index >= 15 is 0 Å². The summed E-state index contributed by atoms with van der Waals surface area (Å²) in [6.07, 6.45) is 1.09. The van der Waals surface area contributed by atoms with Crippen molar-refractivity contribution < 1.29 is 18.0 Å². The first kappa shape index (κ1) is 21.7. The van der Waals surface area contributed by atoms with Crippen molar-refractivity contribution in [1.29, 1.82) is 0 Å². The first-order valence-electron chi connectivity index (χ1n) is 10.2. The van der Waals surface area contributed by atoms with Crippen LogP contribution in [0.15, 0.2) is 48.9 Å². The Hall–Kier alpha value is -3.56. The fourth-order valence-electron chi connectivity index (χ4n) is 3.62. The number of carbonyl (C=O) groups is 1. The third kappa shape index (κ3) is 4.84. The summed E-state index contributed by atoms with van der Waals surface area (Å²) in [6, 6.07) is 7.44. The summed E-state index contributed by atoms with van der Waals surface area (Å²) >= 11 is 0. The molecule has 4 heterocycles. The number of nitrogens with zero attached hydrogens (tertiary/aromatic N) is 5. The summed E-state index contributed by atoms with van der Waals surface area (Å²) in [7, 11) is 0. The molecule has 0 unspecified atom stereocenters. The summed E-state index contributed by atoms with van der Waals surface area (Å²) in [4.78, 5) is 31.8. The molecule has 3 aromatic heterocycles. The summed E-state index contributed by atoms with van der Waals surface area (Å²) in [5.74, 6) is 0.524. The molecule has 1 fully saturated rings. The number of aromatic nitrogens is 4. The zero-order valence-electron chi connectivity index (χ0n) is 17.3. The van der Waals surface area contributed by atoms with Gasteiger partial charge >= 0.3 is 6.18 Å². The van der Waals surface area contributed by atoms with E-state index < -0.39 is 11.7 Å². The molecule has 1 aliphatic heterocycles. The number of nitrogens with one attached hydrogen (secondary N) is 1. The number of amides is 1. The molecule has 0 radical (unpaired) electrons. The molecular formula is C22H21F3N6O. The Kier molecular flexibility index (Phi) is 6.02. The highest BCUT2D eigenvalue weighted by Crippen LogP contribution is 2.29. The molecule has 0 aliphatic carbocycles. The Morgan fingerprint density at radius 2 is 1.91 bits per heavy atom. The molecule has 32 heavy (non-hydrogen) atoms. The third-order valence-corrected chi connectivity index (χ3v) is 5.20. The minimum Gasteiger partial charge on any atom is -0.366 e. The predicted octanol–water partition coefficient (Wildman–Crippen LogP) is 3.98. The number of rotatable bonds is 4. The summed E-state index contributed by atoms with van der Waals surface area (Å²) in [6.45, 7) is 2.75. The van der Waals surface area contributed by atoms with Crippen molar-refractivity contribution in [2.24, 2.45) is 0 Å². The van der Waals surface area contributed by atoms with Gasteiger partial charge < -0.3 is 10.2 Å². The topological polar surface area (TPSA) is 83.9 Å². The van der Waals surface area contributed by atoms with Crippen LogP contribution in [0.2, 0.25) is 0 Å². The number of aryl methyl sites for hydroxylation is 1. The fraction of sp³-hybridized carbons (Fsp3) is 0.318. The summed E-state index contributed by atoms with van der Waals surface area (Å²) < 4.78 is 38.2. The summed E-state index contributed by atoms with van der Waals surface area (Å²) in [5.41, 5.74) is 0.739. The van der Waals surface area contributed by atoms with Gasteiger partial charge in [-0.3, -0.25) is 4.79 Å². The second kappa shape index (κ2) is 8.89. The van der Waals surface area contributed by atoms with Crippen molar-refractivity contribution in [3.05, 3.63) is 65.9 Å². The minimum absolute atomic E-state index is 0.141. The Morgan fingerprint density at radius 1 is 1.12 bits per heavy atom. The Bertz CT molecular complexity index is 1090. The number of carbonyl (C=O) groups excluding carboxylic acids is 1. The number of anilines is 1. The van der Waals surface area contributed by atoms with Crippen LogP contribution in [0.5, 0.6) is 0 Å². The van der Waals surface area contributed by atoms with E-state index in [9.17, 15) is 18.0 Å². The third-order valence-electron chi connectivity index (χ3n) is 5.20. The number of hydrogen-bond donors (Lipinski definition) is 1. The van der Waals surface area contributed by atoms with Gasteiger partial charge in [-0.25, -0.2) is 19.9 Å². The van der Waals surface area contributed by atoms with Crippen LogP contribution in [-0.2, 0) is 6.18 Å². The highest BCUT2D eigenvalue weighted by atomic mass is 19.4. The van der Waals surface area contributed by atoms with E-state index in [0.717, 1.165) is 25.1 Å². The van der Waals surface area contributed by atoms with Gasteiger partial charge in [0.2, 0.25) is 0 Å². The monoisotopic (exact) mass is 442 g/mol. The van der Waals surface area contributed by atoms with Gasteiger partial charge in [0.05, 0.1) is 11.1 Å². The molecule has 1 N–H and O–H groups in total. The Labute approximate surface area is 182 Å². The van der Waals surface area contributed by atoms with Crippen LogP contribution in [0.4, 0.5) is 19.0 Å². The van der Waals surface area contributed by atoms with Gasteiger partial charge in [-0.1, -0.05) is 0 Å². The van der Waals surface area contributed by atoms with E-state index in [4.69, 9.17) is 0 Å². The van der Waals surface area contributed by atoms with Crippen molar-refractivity contribution in [3.8, 4) is 11.4 Å². The highest BCUT2D eigenvalue weighted by Gasteiger charge is 2.31. The molecule has 1 atom stereocenters. The second-order valence-corrected chi connectivity index (χ2v) is 7.59. The van der Waals surface area contributed by atoms with Crippen LogP contribution in [0, 0.1) is 6.92 Å². The first-order chi connectivity index (χ1) is 15.3. The standard InChI is InChI=1S/C22H21F3N6O/c1-14-5-7-17(20-26-9-3-10-27-20)19(29-14)21(32)31-11-2-4-16(13-31)30-18-8-6-15(12-28-18)22(23,24)25/h3,5-10,12,16H,2,4,11,13H2,1H3,(H,28,30)/t16-/m1/s1. The zero-order valence-corrected chi connectivity index (χ0v) is 17.3. The van der Waals surface area contributed by atoms with Gasteiger partial charge in [0.25, 0.3) is 5.91 Å². The molecule has 1 amide bonds. The van der Waals surface area contributed by atoms with E-state index in [1.807, 2.05) is 6.92 Å². The quantitative estimate of drug-likeness (QED) is 0.658. The predicted molar refractivity (Wildman–Crippen MR) is 112 cm³/mol. The lowest BCUT2D eigenvalue weighted by molar-refractivity contribution is -0.137. The average Bonchev–Trinajstić information content (AvgIpc) is 2.79. The Balaban J connectivity index is 1.50. The fourth-order valence-corrected chi connectivity index (χ4v) is 3.62. The molecule has 3 aromatic rings. The van der Waals surface area contributed by atoms with Gasteiger partial charge in [0.1, 0.15) is 11.5 Å². The smallest absolute Gasteiger partial charge is 0.366 e. The van der Waals surface area contributed by atoms with Crippen LogP contribution in [0.25, 0.3) is 11.4 Å². The van der Waals surface area contributed by atoms with Crippen molar-refractivity contribution >= 4 is 11.7 Å². The van der Waals surface area contributed by atoms with Crippen molar-refractivity contribution in [1.82, 2.24) is 24.8 Å². The molecule has 0 saturated carbocycles. The van der Waals surface area contributed by atoms with Crippen LogP contribution >= 0.6 is 0 Å². The van der Waals surface area contributed by atoms with Gasteiger partial charge in [0.15, 0.2) is 5.82 Å². The van der Waals surface area contributed by atoms with E-state index in [2.05, 4.69) is 25.3 Å². The van der Waals surface area contributed by atoms with E-state index in [0.29, 0.717) is 36.0 Å². The van der Waals surface area contributed by atoms with Crippen LogP contribution in [0.3, 0.4) is 0 Å². The number of piperidine rings is 1. The number of halogens is 3. The molecule has 4 rings (SSSR count). The molecule has 1 aliphatic rings. The van der Waals surface area contributed by atoms with Crippen molar-refractivity contribution in [2.75, 3.05) is 18.4 Å². The average molecular weight is 442 g/mol. The summed E-state index contributed by atoms with van der Waals surface area (Å²) in [5, 5.41) is 3.14. The minimum atomic E-state index is -4.43. The molecule has 166 valence electrons. The molecule has 0 spiro atoms. The SMILES string of the molecule is Cc1ccc(-c2ncccn2)c(C(=O)N2CCC[C@@H](Nc3ccc(C(F)(F)F)cn3)C2)n1. The lowest BCUT2D eigenvalue weighted by Gasteiger charge is -2.33. The van der Waals surface area contributed by atoms with Crippen LogP contribution in [-0.4, -0.2) is 49.9 Å². The number of alkyl halides is 3. The van der Waals surface area contributed by atoms with Crippen molar-refractivity contribution in [2.45, 2.75) is 32.0 Å². The Morgan fingerprint density at radius 3 is 2.59 bits per heavy atom. The van der Waals surface area contributed by atoms with E-state index in [-0.39, 0.29) is 17.6 Å². The largest absolute Gasteiger partial charge is 0.417 e. The molecule has 0 aromatic carbocycles. The van der Waals surface area contributed by atoms with E-state index in [1.54, 1.807) is 35.5 Å². The molecule has 7 nitrogen and oxygen atoms in total. The van der Waals surface area contributed by atoms with Crippen LogP contribution in [0.1, 0.15) is 34.6 Å². The lowest BCUT2D eigenvalue weighted by atomic mass is 10.0. The van der Waals surface area contributed by atoms with Crippen LogP contribution < -0.4 is 5.32 Å².